The molecule has 4 nitrogen and oxygen atoms in total. The first-order valence-electron chi connectivity index (χ1n) is 12.8. The Hall–Kier alpha value is -3.99. The second-order valence-corrected chi connectivity index (χ2v) is 10.2. The first kappa shape index (κ1) is 26.6. The van der Waals surface area contributed by atoms with Crippen LogP contribution in [0.4, 0.5) is 5.69 Å². The monoisotopic (exact) mass is 553 g/mol. The third-order valence-corrected chi connectivity index (χ3v) is 7.01. The summed E-state index contributed by atoms with van der Waals surface area (Å²) < 4.78 is 8.11. The summed E-state index contributed by atoms with van der Waals surface area (Å²) in [5, 5.41) is 1.20. The second kappa shape index (κ2) is 11.8. The van der Waals surface area contributed by atoms with Gasteiger partial charge in [0.2, 0.25) is 0 Å². The van der Waals surface area contributed by atoms with Gasteiger partial charge in [-0.2, -0.15) is 0 Å². The summed E-state index contributed by atoms with van der Waals surface area (Å²) in [6, 6.07) is 30.2. The van der Waals surface area contributed by atoms with Crippen LogP contribution in [-0.2, 0) is 6.54 Å². The Bertz CT molecular complexity index is 1590. The minimum atomic E-state index is 0.590. The van der Waals surface area contributed by atoms with Crippen molar-refractivity contribution in [2.75, 3.05) is 19.0 Å². The van der Waals surface area contributed by atoms with Crippen LogP contribution >= 0.6 is 23.2 Å². The molecule has 0 aliphatic rings. The van der Waals surface area contributed by atoms with E-state index in [-0.39, 0.29) is 0 Å². The highest BCUT2D eigenvalue weighted by molar-refractivity contribution is 6.36. The highest BCUT2D eigenvalue weighted by atomic mass is 35.5. The molecular weight excluding hydrogens is 525 g/mol. The number of hydrogen-bond donors (Lipinski definition) is 0. The Morgan fingerprint density at radius 2 is 1.41 bits per heavy atom. The van der Waals surface area contributed by atoms with Crippen molar-refractivity contribution in [3.8, 4) is 33.9 Å². The molecule has 0 unspecified atom stereocenters. The van der Waals surface area contributed by atoms with E-state index in [0.29, 0.717) is 10.0 Å². The number of ether oxygens (including phenoxy) is 1. The zero-order valence-corrected chi connectivity index (χ0v) is 23.6. The molecule has 0 aliphatic heterocycles. The third-order valence-electron chi connectivity index (χ3n) is 6.47. The van der Waals surface area contributed by atoms with E-state index in [1.54, 1.807) is 6.07 Å². The lowest BCUT2D eigenvalue weighted by molar-refractivity contribution is 0.483. The topological polar surface area (TPSA) is 30.3 Å². The molecular formula is C33H29Cl2N3O. The molecule has 0 radical (unpaired) electrons. The molecule has 0 N–H and O–H groups in total. The van der Waals surface area contributed by atoms with Crippen molar-refractivity contribution in [2.45, 2.75) is 13.5 Å². The smallest absolute Gasteiger partial charge is 0.133 e. The van der Waals surface area contributed by atoms with E-state index < -0.39 is 0 Å². The summed E-state index contributed by atoms with van der Waals surface area (Å²) >= 11 is 12.5. The SMILES string of the molecule is CCn1cc(-c2ccc(Cl)cc2Cl)nc1/C=C/c1ccc(-c2ccc(Oc3ccc(N(C)C)cc3)cc2)cc1. The summed E-state index contributed by atoms with van der Waals surface area (Å²) in [5.74, 6) is 2.49. The number of halogens is 2. The molecule has 0 bridgehead atoms. The van der Waals surface area contributed by atoms with Gasteiger partial charge >= 0.3 is 0 Å². The van der Waals surface area contributed by atoms with Crippen LogP contribution in [0.5, 0.6) is 11.5 Å². The molecule has 0 aliphatic carbocycles. The van der Waals surface area contributed by atoms with E-state index in [1.807, 2.05) is 74.9 Å². The van der Waals surface area contributed by atoms with Crippen LogP contribution in [0.1, 0.15) is 18.3 Å². The van der Waals surface area contributed by atoms with Gasteiger partial charge in [0.1, 0.15) is 17.3 Å². The average molecular weight is 555 g/mol. The van der Waals surface area contributed by atoms with Crippen molar-refractivity contribution in [2.24, 2.45) is 0 Å². The van der Waals surface area contributed by atoms with Gasteiger partial charge < -0.3 is 14.2 Å². The Morgan fingerprint density at radius 1 is 0.795 bits per heavy atom. The summed E-state index contributed by atoms with van der Waals surface area (Å²) in [6.45, 7) is 2.90. The zero-order valence-electron chi connectivity index (χ0n) is 22.1. The summed E-state index contributed by atoms with van der Waals surface area (Å²) in [5.41, 5.74) is 6.20. The molecule has 0 spiro atoms. The van der Waals surface area contributed by atoms with Gasteiger partial charge in [-0.25, -0.2) is 4.98 Å². The molecule has 1 aromatic heterocycles. The number of nitrogens with zero attached hydrogens (tertiary/aromatic N) is 3. The third kappa shape index (κ3) is 6.36. The van der Waals surface area contributed by atoms with Crippen LogP contribution in [0.25, 0.3) is 34.5 Å². The lowest BCUT2D eigenvalue weighted by atomic mass is 10.0. The van der Waals surface area contributed by atoms with E-state index >= 15 is 0 Å². The van der Waals surface area contributed by atoms with Gasteiger partial charge in [-0.1, -0.05) is 65.7 Å². The highest BCUT2D eigenvalue weighted by Gasteiger charge is 2.10. The molecule has 39 heavy (non-hydrogen) atoms. The lowest BCUT2D eigenvalue weighted by Crippen LogP contribution is -2.07. The minimum absolute atomic E-state index is 0.590. The highest BCUT2D eigenvalue weighted by Crippen LogP contribution is 2.31. The van der Waals surface area contributed by atoms with E-state index in [4.69, 9.17) is 32.9 Å². The molecule has 196 valence electrons. The molecule has 5 rings (SSSR count). The van der Waals surface area contributed by atoms with Crippen molar-refractivity contribution in [1.29, 1.82) is 0 Å². The fourth-order valence-corrected chi connectivity index (χ4v) is 4.77. The predicted octanol–water partition coefficient (Wildman–Crippen LogP) is 9.57. The maximum absolute atomic E-state index is 6.41. The normalized spacial score (nSPS) is 11.2. The predicted molar refractivity (Wildman–Crippen MR) is 165 cm³/mol. The van der Waals surface area contributed by atoms with Crippen molar-refractivity contribution in [3.05, 3.63) is 119 Å². The Morgan fingerprint density at radius 3 is 2.00 bits per heavy atom. The molecule has 0 atom stereocenters. The van der Waals surface area contributed by atoms with Gasteiger partial charge in [0, 0.05) is 43.1 Å². The molecule has 0 fully saturated rings. The number of rotatable bonds is 8. The van der Waals surface area contributed by atoms with Crippen LogP contribution in [-0.4, -0.2) is 23.6 Å². The van der Waals surface area contributed by atoms with Gasteiger partial charge in [0.05, 0.1) is 10.7 Å². The number of aryl methyl sites for hydroxylation is 1. The van der Waals surface area contributed by atoms with Crippen LogP contribution in [0, 0.1) is 0 Å². The molecule has 4 aromatic carbocycles. The van der Waals surface area contributed by atoms with Gasteiger partial charge in [-0.3, -0.25) is 0 Å². The second-order valence-electron chi connectivity index (χ2n) is 9.36. The number of anilines is 1. The molecule has 0 saturated heterocycles. The van der Waals surface area contributed by atoms with Crippen molar-refractivity contribution in [1.82, 2.24) is 9.55 Å². The number of benzene rings is 4. The lowest BCUT2D eigenvalue weighted by Gasteiger charge is -2.13. The number of aromatic nitrogens is 2. The fraction of sp³-hybridized carbons (Fsp3) is 0.121. The van der Waals surface area contributed by atoms with E-state index in [2.05, 4.69) is 58.9 Å². The van der Waals surface area contributed by atoms with Gasteiger partial charge in [0.15, 0.2) is 0 Å². The van der Waals surface area contributed by atoms with E-state index in [9.17, 15) is 0 Å². The maximum atomic E-state index is 6.41. The van der Waals surface area contributed by atoms with Gasteiger partial charge in [0.25, 0.3) is 0 Å². The molecule has 0 saturated carbocycles. The van der Waals surface area contributed by atoms with Crippen molar-refractivity contribution in [3.63, 3.8) is 0 Å². The largest absolute Gasteiger partial charge is 0.457 e. The molecule has 6 heteroatoms. The van der Waals surface area contributed by atoms with Crippen LogP contribution < -0.4 is 9.64 Å². The van der Waals surface area contributed by atoms with Gasteiger partial charge in [-0.15, -0.1) is 0 Å². The number of imidazole rings is 1. The Balaban J connectivity index is 1.27. The average Bonchev–Trinajstić information content (AvgIpc) is 3.36. The van der Waals surface area contributed by atoms with Crippen LogP contribution in [0.15, 0.2) is 97.2 Å². The fourth-order valence-electron chi connectivity index (χ4n) is 4.26. The Labute approximate surface area is 239 Å². The van der Waals surface area contributed by atoms with Crippen LogP contribution in [0.3, 0.4) is 0 Å². The Kier molecular flexibility index (Phi) is 8.06. The molecule has 5 aromatic rings. The van der Waals surface area contributed by atoms with Gasteiger partial charge in [-0.05, 0) is 84.3 Å². The van der Waals surface area contributed by atoms with Crippen molar-refractivity contribution < 1.29 is 4.74 Å². The standard InChI is InChI=1S/C33H29Cl2N3O/c1-4-38-22-32(30-19-12-26(34)21-31(30)35)36-33(38)20-7-23-5-8-24(9-6-23)25-10-15-28(16-11-25)39-29-17-13-27(14-18-29)37(2)3/h5-22H,4H2,1-3H3/b20-7+. The maximum Gasteiger partial charge on any atom is 0.133 e. The quantitative estimate of drug-likeness (QED) is 0.191. The van der Waals surface area contributed by atoms with E-state index in [1.165, 1.54) is 0 Å². The summed E-state index contributed by atoms with van der Waals surface area (Å²) in [6.07, 6.45) is 6.12. The molecule has 0 amide bonds. The van der Waals surface area contributed by atoms with E-state index in [0.717, 1.165) is 57.5 Å². The van der Waals surface area contributed by atoms with Crippen LogP contribution in [0.2, 0.25) is 10.0 Å². The molecule has 1 heterocycles. The first-order valence-corrected chi connectivity index (χ1v) is 13.5. The minimum Gasteiger partial charge on any atom is -0.457 e. The number of hydrogen-bond acceptors (Lipinski definition) is 3. The summed E-state index contributed by atoms with van der Waals surface area (Å²) in [7, 11) is 4.04. The zero-order chi connectivity index (χ0) is 27.4. The van der Waals surface area contributed by atoms with Crippen molar-refractivity contribution >= 4 is 41.0 Å². The first-order chi connectivity index (χ1) is 18.9. The summed E-state index contributed by atoms with van der Waals surface area (Å²) in [4.78, 5) is 6.87.